The number of sulfonamides is 1. The van der Waals surface area contributed by atoms with Gasteiger partial charge in [0, 0.05) is 24.6 Å². The summed E-state index contributed by atoms with van der Waals surface area (Å²) >= 11 is 0. The lowest BCUT2D eigenvalue weighted by atomic mass is 9.89. The zero-order chi connectivity index (χ0) is 36.2. The van der Waals surface area contributed by atoms with E-state index in [0.29, 0.717) is 6.54 Å². The quantitative estimate of drug-likeness (QED) is 0.161. The second-order valence-corrected chi connectivity index (χ2v) is 16.2. The Morgan fingerprint density at radius 2 is 1.57 bits per heavy atom. The summed E-state index contributed by atoms with van der Waals surface area (Å²) in [6.07, 6.45) is 0.458. The maximum atomic E-state index is 13.2. The molecule has 51 heavy (non-hydrogen) atoms. The average Bonchev–Trinajstić information content (AvgIpc) is 3.60. The fourth-order valence-corrected chi connectivity index (χ4v) is 7.90. The van der Waals surface area contributed by atoms with E-state index in [-0.39, 0.29) is 48.2 Å². The molecule has 2 fully saturated rings. The molecule has 2 N–H and O–H groups in total. The minimum Gasteiger partial charge on any atom is -0.459 e. The summed E-state index contributed by atoms with van der Waals surface area (Å²) in [5.41, 5.74) is 4.80. The van der Waals surface area contributed by atoms with Gasteiger partial charge < -0.3 is 19.3 Å². The lowest BCUT2D eigenvalue weighted by Crippen LogP contribution is -2.48. The molecule has 0 radical (unpaired) electrons. The molecule has 0 spiro atoms. The number of carbonyl (C=O) groups is 1. The number of aliphatic hydroxyl groups excluding tert-OH is 1. The Morgan fingerprint density at radius 1 is 0.902 bits per heavy atom. The summed E-state index contributed by atoms with van der Waals surface area (Å²) in [4.78, 5) is 15.6. The zero-order valence-electron chi connectivity index (χ0n) is 29.7. The number of likely N-dealkylation sites (tertiary alicyclic amines) is 1. The molecule has 5 atom stereocenters. The fraction of sp³-hybridized carbons (Fsp3) is 0.390. The standard InChI is InChI=1S/C41H48N2O7S/c1-28-37(26-43-24-10-15-36(43)39(45)50-41(2,3)4)48-40(49-38(28)31-18-16-29(27-44)17-19-31)32-22-20-30(21-23-32)35-14-9-8-11-33(35)25-42-51(46,47)34-12-6-5-7-13-34/h5-9,11-14,16-23,28,36-38,40,42,44H,10,15,24-27H2,1-4H3. The molecule has 2 saturated heterocycles. The molecule has 5 unspecified atom stereocenters. The van der Waals surface area contributed by atoms with E-state index in [1.807, 2.05) is 93.6 Å². The third-order valence-electron chi connectivity index (χ3n) is 9.60. The highest BCUT2D eigenvalue weighted by Crippen LogP contribution is 2.43. The summed E-state index contributed by atoms with van der Waals surface area (Å²) in [6, 6.07) is 31.6. The Labute approximate surface area is 301 Å². The minimum atomic E-state index is -3.67. The number of nitrogens with zero attached hydrogens (tertiary/aromatic N) is 1. The number of benzene rings is 4. The molecule has 0 amide bonds. The maximum absolute atomic E-state index is 13.2. The van der Waals surface area contributed by atoms with Crippen molar-refractivity contribution >= 4 is 16.0 Å². The molecular formula is C41H48N2O7S. The molecule has 0 aromatic heterocycles. The first-order valence-electron chi connectivity index (χ1n) is 17.6. The molecule has 2 heterocycles. The van der Waals surface area contributed by atoms with Crippen LogP contribution in [-0.2, 0) is 42.2 Å². The van der Waals surface area contributed by atoms with E-state index in [9.17, 15) is 18.3 Å². The van der Waals surface area contributed by atoms with Gasteiger partial charge >= 0.3 is 5.97 Å². The lowest BCUT2D eigenvalue weighted by Gasteiger charge is -2.43. The minimum absolute atomic E-state index is 0.0353. The zero-order valence-corrected chi connectivity index (χ0v) is 30.5. The Bertz CT molecular complexity index is 1880. The first-order chi connectivity index (χ1) is 24.4. The fourth-order valence-electron chi connectivity index (χ4n) is 6.87. The summed E-state index contributed by atoms with van der Waals surface area (Å²) < 4.78 is 47.8. The van der Waals surface area contributed by atoms with Gasteiger partial charge in [0.05, 0.1) is 23.7 Å². The summed E-state index contributed by atoms with van der Waals surface area (Å²) in [5, 5.41) is 9.63. The van der Waals surface area contributed by atoms with Crippen LogP contribution in [-0.4, -0.2) is 55.2 Å². The lowest BCUT2D eigenvalue weighted by molar-refractivity contribution is -0.276. The Balaban J connectivity index is 1.23. The Morgan fingerprint density at radius 3 is 2.25 bits per heavy atom. The monoisotopic (exact) mass is 712 g/mol. The highest BCUT2D eigenvalue weighted by atomic mass is 32.2. The molecule has 4 aromatic rings. The third kappa shape index (κ3) is 8.95. The van der Waals surface area contributed by atoms with Gasteiger partial charge in [0.25, 0.3) is 0 Å². The highest BCUT2D eigenvalue weighted by molar-refractivity contribution is 7.89. The van der Waals surface area contributed by atoms with Crippen molar-refractivity contribution in [3.05, 3.63) is 125 Å². The van der Waals surface area contributed by atoms with Crippen molar-refractivity contribution in [2.24, 2.45) is 5.92 Å². The second-order valence-electron chi connectivity index (χ2n) is 14.4. The van der Waals surface area contributed by atoms with Crippen LogP contribution in [0, 0.1) is 5.92 Å². The summed E-state index contributed by atoms with van der Waals surface area (Å²) in [5.74, 6) is -0.233. The van der Waals surface area contributed by atoms with Gasteiger partial charge in [-0.3, -0.25) is 9.69 Å². The van der Waals surface area contributed by atoms with E-state index < -0.39 is 21.9 Å². The van der Waals surface area contributed by atoms with Gasteiger partial charge in [-0.15, -0.1) is 0 Å². The second kappa shape index (κ2) is 15.8. The topological polar surface area (TPSA) is 114 Å². The van der Waals surface area contributed by atoms with E-state index in [1.54, 1.807) is 30.3 Å². The molecule has 4 aromatic carbocycles. The largest absolute Gasteiger partial charge is 0.459 e. The van der Waals surface area contributed by atoms with E-state index in [2.05, 4.69) is 16.5 Å². The van der Waals surface area contributed by atoms with Crippen LogP contribution < -0.4 is 4.72 Å². The Kier molecular flexibility index (Phi) is 11.4. The highest BCUT2D eigenvalue weighted by Gasteiger charge is 2.42. The van der Waals surface area contributed by atoms with Crippen molar-refractivity contribution in [3.8, 4) is 11.1 Å². The van der Waals surface area contributed by atoms with Crippen molar-refractivity contribution < 1.29 is 32.5 Å². The molecule has 0 aliphatic carbocycles. The van der Waals surface area contributed by atoms with Crippen LogP contribution in [0.15, 0.2) is 108 Å². The predicted octanol–water partition coefficient (Wildman–Crippen LogP) is 6.92. The molecule has 2 aliphatic rings. The van der Waals surface area contributed by atoms with E-state index >= 15 is 0 Å². The van der Waals surface area contributed by atoms with Gasteiger partial charge in [-0.2, -0.15) is 0 Å². The third-order valence-corrected chi connectivity index (χ3v) is 11.0. The van der Waals surface area contributed by atoms with E-state index in [1.165, 1.54) is 0 Å². The van der Waals surface area contributed by atoms with E-state index in [0.717, 1.165) is 52.8 Å². The summed E-state index contributed by atoms with van der Waals surface area (Å²) in [7, 11) is -3.67. The number of hydrogen-bond donors (Lipinski definition) is 2. The van der Waals surface area contributed by atoms with Gasteiger partial charge in [0.2, 0.25) is 10.0 Å². The SMILES string of the molecule is CC1C(CN2CCCC2C(=O)OC(C)(C)C)OC(c2ccc(-c3ccccc3CNS(=O)(=O)c3ccccc3)cc2)OC1c1ccc(CO)cc1. The predicted molar refractivity (Wildman–Crippen MR) is 196 cm³/mol. The van der Waals surface area contributed by atoms with Crippen LogP contribution in [0.2, 0.25) is 0 Å². The molecule has 0 saturated carbocycles. The van der Waals surface area contributed by atoms with E-state index in [4.69, 9.17) is 14.2 Å². The normalized spacial score (nSPS) is 22.9. The van der Waals surface area contributed by atoms with Crippen LogP contribution in [0.25, 0.3) is 11.1 Å². The van der Waals surface area contributed by atoms with Crippen molar-refractivity contribution in [1.29, 1.82) is 0 Å². The smallest absolute Gasteiger partial charge is 0.323 e. The van der Waals surface area contributed by atoms with Gasteiger partial charge in [-0.25, -0.2) is 13.1 Å². The van der Waals surface area contributed by atoms with Crippen LogP contribution in [0.3, 0.4) is 0 Å². The maximum Gasteiger partial charge on any atom is 0.323 e. The van der Waals surface area contributed by atoms with Crippen molar-refractivity contribution in [3.63, 3.8) is 0 Å². The first kappa shape index (κ1) is 36.9. The molecule has 270 valence electrons. The van der Waals surface area contributed by atoms with Crippen molar-refractivity contribution in [2.45, 2.75) is 88.7 Å². The van der Waals surface area contributed by atoms with Crippen LogP contribution >= 0.6 is 0 Å². The number of aliphatic hydroxyl groups is 1. The summed E-state index contributed by atoms with van der Waals surface area (Å²) in [6.45, 7) is 9.24. The van der Waals surface area contributed by atoms with Crippen LogP contribution in [0.5, 0.6) is 0 Å². The molecule has 0 bridgehead atoms. The van der Waals surface area contributed by atoms with Gasteiger partial charge in [0.15, 0.2) is 6.29 Å². The molecule has 2 aliphatic heterocycles. The number of esters is 1. The van der Waals surface area contributed by atoms with Gasteiger partial charge in [-0.1, -0.05) is 97.9 Å². The first-order valence-corrected chi connectivity index (χ1v) is 19.1. The van der Waals surface area contributed by atoms with Gasteiger partial charge in [0.1, 0.15) is 11.6 Å². The number of carbonyl (C=O) groups excluding carboxylic acids is 1. The molecule has 9 nitrogen and oxygen atoms in total. The van der Waals surface area contributed by atoms with Crippen molar-refractivity contribution in [2.75, 3.05) is 13.1 Å². The molecular weight excluding hydrogens is 665 g/mol. The van der Waals surface area contributed by atoms with Crippen LogP contribution in [0.1, 0.15) is 75.2 Å². The number of ether oxygens (including phenoxy) is 3. The number of hydrogen-bond acceptors (Lipinski definition) is 8. The van der Waals surface area contributed by atoms with Crippen LogP contribution in [0.4, 0.5) is 0 Å². The van der Waals surface area contributed by atoms with Gasteiger partial charge in [-0.05, 0) is 80.1 Å². The number of rotatable bonds is 11. The number of nitrogens with one attached hydrogen (secondary N) is 1. The molecule has 10 heteroatoms. The van der Waals surface area contributed by atoms with Crippen molar-refractivity contribution in [1.82, 2.24) is 9.62 Å². The Hall–Kier alpha value is -3.90. The average molecular weight is 713 g/mol. The molecule has 6 rings (SSSR count).